The second kappa shape index (κ2) is 8.50. The van der Waals surface area contributed by atoms with Crippen LogP contribution in [-0.4, -0.2) is 43.3 Å². The van der Waals surface area contributed by atoms with Gasteiger partial charge in [-0.1, -0.05) is 23.7 Å². The summed E-state index contributed by atoms with van der Waals surface area (Å²) in [6.45, 7) is 10.0. The van der Waals surface area contributed by atoms with Crippen LogP contribution < -0.4 is 16.6 Å². The third-order valence-corrected chi connectivity index (χ3v) is 5.08. The lowest BCUT2D eigenvalue weighted by atomic mass is 9.78. The van der Waals surface area contributed by atoms with E-state index >= 15 is 0 Å². The fraction of sp³-hybridized carbons (Fsp3) is 0.556. The largest absolute Gasteiger partial charge is 0.494 e. The quantitative estimate of drug-likeness (QED) is 0.239. The summed E-state index contributed by atoms with van der Waals surface area (Å²) in [5.74, 6) is -0.0802. The van der Waals surface area contributed by atoms with E-state index in [-0.39, 0.29) is 12.5 Å². The first kappa shape index (κ1) is 21.5. The van der Waals surface area contributed by atoms with E-state index in [1.54, 1.807) is 6.92 Å². The number of ether oxygens (including phenoxy) is 1. The summed E-state index contributed by atoms with van der Waals surface area (Å²) in [6, 6.07) is 5.59. The lowest BCUT2D eigenvalue weighted by Crippen LogP contribution is -2.41. The van der Waals surface area contributed by atoms with Crippen molar-refractivity contribution in [1.29, 1.82) is 0 Å². The Hall–Kier alpha value is -1.77. The van der Waals surface area contributed by atoms with E-state index in [9.17, 15) is 4.79 Å². The van der Waals surface area contributed by atoms with Gasteiger partial charge in [-0.15, -0.1) is 0 Å². The Kier molecular flexibility index (Phi) is 6.78. The molecule has 27 heavy (non-hydrogen) atoms. The van der Waals surface area contributed by atoms with Gasteiger partial charge in [0.15, 0.2) is 0 Å². The molecule has 9 heteroatoms. The maximum absolute atomic E-state index is 11.3. The van der Waals surface area contributed by atoms with Gasteiger partial charge in [0.05, 0.1) is 17.8 Å². The maximum atomic E-state index is 11.3. The molecular weight excluding hydrogens is 368 g/mol. The molecule has 0 bridgehead atoms. The van der Waals surface area contributed by atoms with Gasteiger partial charge < -0.3 is 19.8 Å². The fourth-order valence-electron chi connectivity index (χ4n) is 2.48. The number of nitrogens with one attached hydrogen (secondary N) is 1. The zero-order chi connectivity index (χ0) is 20.2. The van der Waals surface area contributed by atoms with Crippen molar-refractivity contribution >= 4 is 36.0 Å². The number of nitrogens with two attached hydrogens (primary N) is 1. The third-order valence-electron chi connectivity index (χ3n) is 4.73. The lowest BCUT2D eigenvalue weighted by molar-refractivity contribution is -0.141. The summed E-state index contributed by atoms with van der Waals surface area (Å²) in [6.07, 6.45) is 0.346. The second-order valence-electron chi connectivity index (χ2n) is 7.36. The molecule has 0 aromatic heterocycles. The van der Waals surface area contributed by atoms with Crippen LogP contribution in [0, 0.1) is 0 Å². The van der Waals surface area contributed by atoms with Crippen molar-refractivity contribution < 1.29 is 18.8 Å². The Balaban J connectivity index is 2.00. The number of hydrazone groups is 1. The van der Waals surface area contributed by atoms with Gasteiger partial charge in [-0.3, -0.25) is 10.2 Å². The van der Waals surface area contributed by atoms with Crippen LogP contribution in [0.15, 0.2) is 23.3 Å². The van der Waals surface area contributed by atoms with E-state index in [0.29, 0.717) is 23.9 Å². The first-order valence-electron chi connectivity index (χ1n) is 8.90. The van der Waals surface area contributed by atoms with Crippen molar-refractivity contribution in [2.24, 2.45) is 10.8 Å². The normalized spacial score (nSPS) is 18.4. The van der Waals surface area contributed by atoms with Gasteiger partial charge >= 0.3 is 13.1 Å². The van der Waals surface area contributed by atoms with Crippen molar-refractivity contribution in [3.63, 3.8) is 0 Å². The van der Waals surface area contributed by atoms with Gasteiger partial charge in [-0.2, -0.15) is 5.10 Å². The van der Waals surface area contributed by atoms with Crippen LogP contribution in [0.5, 0.6) is 0 Å². The summed E-state index contributed by atoms with van der Waals surface area (Å²) < 4.78 is 16.9. The van der Waals surface area contributed by atoms with Crippen LogP contribution in [0.2, 0.25) is 5.02 Å². The molecule has 3 N–H and O–H groups in total. The number of amidine groups is 1. The summed E-state index contributed by atoms with van der Waals surface area (Å²) in [7, 11) is -0.473. The van der Waals surface area contributed by atoms with Crippen molar-refractivity contribution in [2.45, 2.75) is 52.2 Å². The topological polar surface area (TPSA) is 95.2 Å². The van der Waals surface area contributed by atoms with Crippen molar-refractivity contribution in [3.8, 4) is 0 Å². The summed E-state index contributed by atoms with van der Waals surface area (Å²) in [4.78, 5) is 11.3. The zero-order valence-electron chi connectivity index (χ0n) is 16.5. The number of carbonyl (C=O) groups is 1. The highest BCUT2D eigenvalue weighted by Gasteiger charge is 2.51. The number of halogens is 1. The molecule has 0 aliphatic carbocycles. The van der Waals surface area contributed by atoms with Crippen LogP contribution in [-0.2, 0) is 25.3 Å². The predicted molar refractivity (Wildman–Crippen MR) is 107 cm³/mol. The minimum Gasteiger partial charge on any atom is -0.465 e. The van der Waals surface area contributed by atoms with Gasteiger partial charge in [0.25, 0.3) is 0 Å². The first-order chi connectivity index (χ1) is 12.6. The van der Waals surface area contributed by atoms with E-state index in [1.807, 2.05) is 45.9 Å². The average Bonchev–Trinajstić information content (AvgIpc) is 2.77. The molecule has 0 amide bonds. The van der Waals surface area contributed by atoms with Crippen LogP contribution in [0.1, 0.15) is 40.2 Å². The molecule has 0 unspecified atom stereocenters. The van der Waals surface area contributed by atoms with Gasteiger partial charge in [-0.05, 0) is 51.7 Å². The molecule has 0 spiro atoms. The van der Waals surface area contributed by atoms with E-state index in [2.05, 4.69) is 10.5 Å². The molecule has 1 aliphatic rings. The number of benzene rings is 1. The predicted octanol–water partition coefficient (Wildman–Crippen LogP) is 1.61. The van der Waals surface area contributed by atoms with E-state index in [4.69, 9.17) is 31.4 Å². The van der Waals surface area contributed by atoms with E-state index in [0.717, 1.165) is 11.0 Å². The zero-order valence-corrected chi connectivity index (χ0v) is 17.2. The third kappa shape index (κ3) is 5.37. The SMILES string of the molecule is CCOC(=O)CN/N=C(\N)Cc1ccc(B2OC(C)(C)C(C)(C)O2)cc1Cl. The number of rotatable bonds is 7. The van der Waals surface area contributed by atoms with Gasteiger partial charge in [-0.25, -0.2) is 0 Å². The highest BCUT2D eigenvalue weighted by molar-refractivity contribution is 6.62. The van der Waals surface area contributed by atoms with Gasteiger partial charge in [0, 0.05) is 11.4 Å². The molecule has 1 aromatic rings. The number of hydrogen-bond donors (Lipinski definition) is 2. The van der Waals surface area contributed by atoms with Gasteiger partial charge in [0.2, 0.25) is 0 Å². The number of carbonyl (C=O) groups excluding carboxylic acids is 1. The van der Waals surface area contributed by atoms with Gasteiger partial charge in [0.1, 0.15) is 12.4 Å². The molecule has 1 saturated heterocycles. The van der Waals surface area contributed by atoms with Crippen LogP contribution in [0.4, 0.5) is 0 Å². The standard InChI is InChI=1S/C18H27BClN3O4/c1-6-25-16(24)11-22-23-15(21)9-12-7-8-13(10-14(12)20)19-26-17(2,3)18(4,5)27-19/h7-8,10,22H,6,9,11H2,1-5H3,(H2,21,23). The monoisotopic (exact) mass is 395 g/mol. The molecule has 1 aromatic carbocycles. The molecule has 0 saturated carbocycles. The molecule has 2 rings (SSSR count). The lowest BCUT2D eigenvalue weighted by Gasteiger charge is -2.32. The molecule has 0 radical (unpaired) electrons. The summed E-state index contributed by atoms with van der Waals surface area (Å²) in [5.41, 5.74) is 9.32. The molecule has 0 atom stereocenters. The van der Waals surface area contributed by atoms with Crippen molar-refractivity contribution in [3.05, 3.63) is 28.8 Å². The van der Waals surface area contributed by atoms with Crippen LogP contribution in [0.25, 0.3) is 0 Å². The Labute approximate surface area is 165 Å². The molecular formula is C18H27BClN3O4. The van der Waals surface area contributed by atoms with Crippen molar-refractivity contribution in [1.82, 2.24) is 5.43 Å². The summed E-state index contributed by atoms with van der Waals surface area (Å²) in [5, 5.41) is 4.50. The fourth-order valence-corrected chi connectivity index (χ4v) is 2.74. The Morgan fingerprint density at radius 3 is 2.48 bits per heavy atom. The van der Waals surface area contributed by atoms with E-state index < -0.39 is 18.3 Å². The molecule has 1 aliphatic heterocycles. The Morgan fingerprint density at radius 1 is 1.30 bits per heavy atom. The molecule has 7 nitrogen and oxygen atoms in total. The summed E-state index contributed by atoms with van der Waals surface area (Å²) >= 11 is 6.40. The number of hydrogen-bond acceptors (Lipinski definition) is 6. The second-order valence-corrected chi connectivity index (χ2v) is 7.77. The Morgan fingerprint density at radius 2 is 1.93 bits per heavy atom. The minimum atomic E-state index is -0.473. The van der Waals surface area contributed by atoms with Crippen molar-refractivity contribution in [2.75, 3.05) is 13.2 Å². The molecule has 1 fully saturated rings. The highest BCUT2D eigenvalue weighted by Crippen LogP contribution is 2.36. The number of nitrogens with zero attached hydrogens (tertiary/aromatic N) is 1. The average molecular weight is 396 g/mol. The maximum Gasteiger partial charge on any atom is 0.494 e. The first-order valence-corrected chi connectivity index (χ1v) is 9.28. The minimum absolute atomic E-state index is 0.0386. The number of esters is 1. The van der Waals surface area contributed by atoms with Crippen LogP contribution >= 0.6 is 11.6 Å². The van der Waals surface area contributed by atoms with Crippen LogP contribution in [0.3, 0.4) is 0 Å². The molecule has 148 valence electrons. The Bertz CT molecular complexity index is 709. The molecule has 1 heterocycles. The highest BCUT2D eigenvalue weighted by atomic mass is 35.5. The van der Waals surface area contributed by atoms with E-state index in [1.165, 1.54) is 0 Å². The smallest absolute Gasteiger partial charge is 0.465 e.